The number of benzene rings is 1. The zero-order valence-electron chi connectivity index (χ0n) is 7.63. The molecule has 0 aliphatic heterocycles. The fraction of sp³-hybridized carbons (Fsp3) is 0.222. The normalized spacial score (nSPS) is 10.8. The second kappa shape index (κ2) is 5.22. The molecule has 1 aromatic rings. The van der Waals surface area contributed by atoms with Crippen LogP contribution in [-0.2, 0) is 0 Å². The van der Waals surface area contributed by atoms with E-state index in [1.807, 2.05) is 13.0 Å². The van der Waals surface area contributed by atoms with Crippen LogP contribution in [0.2, 0.25) is 5.02 Å². The second-order valence-corrected chi connectivity index (χ2v) is 3.79. The standard InChI is InChI=1S/C9H10BrClN2O/c1-2-14-9-7(10)3-6(5-13-12)4-8(9)11/h3-5H,2,12H2,1H3. The molecule has 0 saturated carbocycles. The van der Waals surface area contributed by atoms with Crippen LogP contribution in [0.15, 0.2) is 21.7 Å². The Morgan fingerprint density at radius 1 is 1.64 bits per heavy atom. The van der Waals surface area contributed by atoms with Crippen molar-refractivity contribution in [3.63, 3.8) is 0 Å². The maximum absolute atomic E-state index is 5.99. The number of hydrazone groups is 1. The Labute approximate surface area is 96.0 Å². The zero-order valence-corrected chi connectivity index (χ0v) is 9.97. The summed E-state index contributed by atoms with van der Waals surface area (Å²) in [4.78, 5) is 0. The van der Waals surface area contributed by atoms with Crippen molar-refractivity contribution in [2.45, 2.75) is 6.92 Å². The first kappa shape index (κ1) is 11.3. The predicted octanol–water partition coefficient (Wildman–Crippen LogP) is 2.79. The van der Waals surface area contributed by atoms with Gasteiger partial charge in [-0.25, -0.2) is 0 Å². The molecule has 76 valence electrons. The first-order chi connectivity index (χ1) is 6.69. The minimum absolute atomic E-state index is 0.538. The molecule has 0 aromatic heterocycles. The van der Waals surface area contributed by atoms with Gasteiger partial charge in [0.2, 0.25) is 0 Å². The van der Waals surface area contributed by atoms with E-state index in [0.29, 0.717) is 17.4 Å². The smallest absolute Gasteiger partial charge is 0.152 e. The lowest BCUT2D eigenvalue weighted by atomic mass is 10.2. The van der Waals surface area contributed by atoms with Crippen molar-refractivity contribution in [3.8, 4) is 5.75 Å². The van der Waals surface area contributed by atoms with Gasteiger partial charge in [-0.1, -0.05) is 11.6 Å². The number of hydrogen-bond donors (Lipinski definition) is 1. The molecule has 5 heteroatoms. The molecule has 0 unspecified atom stereocenters. The summed E-state index contributed by atoms with van der Waals surface area (Å²) in [6.45, 7) is 2.47. The summed E-state index contributed by atoms with van der Waals surface area (Å²) >= 11 is 9.35. The Morgan fingerprint density at radius 3 is 2.86 bits per heavy atom. The van der Waals surface area contributed by atoms with Gasteiger partial charge in [0.05, 0.1) is 22.3 Å². The molecular weight excluding hydrogens is 267 g/mol. The van der Waals surface area contributed by atoms with Gasteiger partial charge >= 0.3 is 0 Å². The molecule has 1 rings (SSSR count). The van der Waals surface area contributed by atoms with E-state index in [0.717, 1.165) is 10.0 Å². The Hall–Kier alpha value is -0.740. The van der Waals surface area contributed by atoms with E-state index in [9.17, 15) is 0 Å². The fourth-order valence-corrected chi connectivity index (χ4v) is 2.01. The SMILES string of the molecule is CCOc1c(Cl)cc(C=NN)cc1Br. The van der Waals surface area contributed by atoms with Crippen LogP contribution in [0.4, 0.5) is 0 Å². The summed E-state index contributed by atoms with van der Waals surface area (Å²) in [5, 5.41) is 3.96. The molecule has 0 bridgehead atoms. The molecule has 3 nitrogen and oxygen atoms in total. The zero-order chi connectivity index (χ0) is 10.6. The highest BCUT2D eigenvalue weighted by Crippen LogP contribution is 2.33. The van der Waals surface area contributed by atoms with Crippen LogP contribution in [0.1, 0.15) is 12.5 Å². The Kier molecular flexibility index (Phi) is 4.22. The van der Waals surface area contributed by atoms with E-state index in [2.05, 4.69) is 21.0 Å². The maximum Gasteiger partial charge on any atom is 0.152 e. The molecule has 0 atom stereocenters. The van der Waals surface area contributed by atoms with Crippen LogP contribution < -0.4 is 10.6 Å². The van der Waals surface area contributed by atoms with Crippen molar-refractivity contribution in [1.82, 2.24) is 0 Å². The third kappa shape index (κ3) is 2.62. The van der Waals surface area contributed by atoms with E-state index in [1.54, 1.807) is 6.07 Å². The minimum Gasteiger partial charge on any atom is -0.491 e. The molecule has 0 heterocycles. The third-order valence-corrected chi connectivity index (χ3v) is 2.40. The molecule has 0 amide bonds. The number of nitrogens with zero attached hydrogens (tertiary/aromatic N) is 1. The van der Waals surface area contributed by atoms with Gasteiger partial charge < -0.3 is 10.6 Å². The third-order valence-electron chi connectivity index (χ3n) is 1.53. The lowest BCUT2D eigenvalue weighted by Crippen LogP contribution is -1.95. The number of rotatable bonds is 3. The topological polar surface area (TPSA) is 47.6 Å². The number of halogens is 2. The summed E-state index contributed by atoms with van der Waals surface area (Å²) in [7, 11) is 0. The molecule has 0 aliphatic carbocycles. The van der Waals surface area contributed by atoms with Crippen LogP contribution in [-0.4, -0.2) is 12.8 Å². The molecule has 0 saturated heterocycles. The average Bonchev–Trinajstić information content (AvgIpc) is 2.12. The molecule has 1 aromatic carbocycles. The van der Waals surface area contributed by atoms with E-state index >= 15 is 0 Å². The molecule has 0 fully saturated rings. The van der Waals surface area contributed by atoms with Gasteiger partial charge in [0.25, 0.3) is 0 Å². The summed E-state index contributed by atoms with van der Waals surface area (Å²) < 4.78 is 6.14. The van der Waals surface area contributed by atoms with Gasteiger partial charge in [-0.15, -0.1) is 0 Å². The summed E-state index contributed by atoms with van der Waals surface area (Å²) in [6.07, 6.45) is 1.52. The van der Waals surface area contributed by atoms with E-state index in [-0.39, 0.29) is 0 Å². The van der Waals surface area contributed by atoms with Gasteiger partial charge in [0.15, 0.2) is 5.75 Å². The largest absolute Gasteiger partial charge is 0.491 e. The van der Waals surface area contributed by atoms with Crippen molar-refractivity contribution < 1.29 is 4.74 Å². The number of nitrogens with two attached hydrogens (primary N) is 1. The van der Waals surface area contributed by atoms with Crippen LogP contribution in [0.25, 0.3) is 0 Å². The van der Waals surface area contributed by atoms with Crippen molar-refractivity contribution >= 4 is 33.7 Å². The van der Waals surface area contributed by atoms with Crippen LogP contribution in [0.3, 0.4) is 0 Å². The minimum atomic E-state index is 0.538. The van der Waals surface area contributed by atoms with Crippen molar-refractivity contribution in [3.05, 3.63) is 27.2 Å². The van der Waals surface area contributed by atoms with E-state index < -0.39 is 0 Å². The molecule has 0 aliphatic rings. The molecule has 14 heavy (non-hydrogen) atoms. The second-order valence-electron chi connectivity index (χ2n) is 2.52. The number of ether oxygens (including phenoxy) is 1. The quantitative estimate of drug-likeness (QED) is 0.525. The Bertz CT molecular complexity index is 332. The monoisotopic (exact) mass is 276 g/mol. The van der Waals surface area contributed by atoms with Gasteiger partial charge in [-0.3, -0.25) is 0 Å². The average molecular weight is 278 g/mol. The van der Waals surface area contributed by atoms with Crippen molar-refractivity contribution in [1.29, 1.82) is 0 Å². The summed E-state index contributed by atoms with van der Waals surface area (Å²) in [5.74, 6) is 5.68. The van der Waals surface area contributed by atoms with Crippen LogP contribution in [0, 0.1) is 0 Å². The first-order valence-corrected chi connectivity index (χ1v) is 5.21. The molecule has 0 radical (unpaired) electrons. The van der Waals surface area contributed by atoms with Gasteiger partial charge in [0.1, 0.15) is 0 Å². The first-order valence-electron chi connectivity index (χ1n) is 4.04. The highest BCUT2D eigenvalue weighted by Gasteiger charge is 2.07. The van der Waals surface area contributed by atoms with Crippen LogP contribution >= 0.6 is 27.5 Å². The van der Waals surface area contributed by atoms with Gasteiger partial charge in [-0.2, -0.15) is 5.10 Å². The van der Waals surface area contributed by atoms with Crippen molar-refractivity contribution in [2.75, 3.05) is 6.61 Å². The fourth-order valence-electron chi connectivity index (χ4n) is 1.02. The molecule has 2 N–H and O–H groups in total. The molecular formula is C9H10BrClN2O. The molecule has 0 spiro atoms. The number of hydrogen-bond acceptors (Lipinski definition) is 3. The summed E-state index contributed by atoms with van der Waals surface area (Å²) in [5.41, 5.74) is 0.827. The van der Waals surface area contributed by atoms with Gasteiger partial charge in [0, 0.05) is 0 Å². The van der Waals surface area contributed by atoms with Gasteiger partial charge in [-0.05, 0) is 40.5 Å². The summed E-state index contributed by atoms with van der Waals surface area (Å²) in [6, 6.07) is 3.58. The predicted molar refractivity (Wildman–Crippen MR) is 62.1 cm³/mol. The highest BCUT2D eigenvalue weighted by atomic mass is 79.9. The van der Waals surface area contributed by atoms with Crippen LogP contribution in [0.5, 0.6) is 5.75 Å². The van der Waals surface area contributed by atoms with E-state index in [1.165, 1.54) is 6.21 Å². The highest BCUT2D eigenvalue weighted by molar-refractivity contribution is 9.10. The lowest BCUT2D eigenvalue weighted by Gasteiger charge is -2.08. The Balaban J connectivity index is 3.11. The lowest BCUT2D eigenvalue weighted by molar-refractivity contribution is 0.338. The van der Waals surface area contributed by atoms with Crippen molar-refractivity contribution in [2.24, 2.45) is 10.9 Å². The Morgan fingerprint density at radius 2 is 2.36 bits per heavy atom. The maximum atomic E-state index is 5.99. The van der Waals surface area contributed by atoms with E-state index in [4.69, 9.17) is 22.2 Å².